The van der Waals surface area contributed by atoms with Crippen LogP contribution in [-0.4, -0.2) is 25.7 Å². The Morgan fingerprint density at radius 2 is 2.16 bits per heavy atom. The molecular weight excluding hydrogens is 312 g/mol. The van der Waals surface area contributed by atoms with E-state index in [-0.39, 0.29) is 0 Å². The number of hydrogen-bond donors (Lipinski definition) is 2. The van der Waals surface area contributed by atoms with Crippen molar-refractivity contribution in [2.45, 2.75) is 25.9 Å². The first kappa shape index (κ1) is 15.8. The number of carbonyl (C=O) groups is 1. The zero-order chi connectivity index (χ0) is 14.4. The summed E-state index contributed by atoms with van der Waals surface area (Å²) in [5.41, 5.74) is 11.8. The first-order valence-corrected chi connectivity index (χ1v) is 6.85. The van der Waals surface area contributed by atoms with E-state index in [9.17, 15) is 4.79 Å². The van der Waals surface area contributed by atoms with Crippen LogP contribution in [0.5, 0.6) is 11.5 Å². The third-order valence-corrected chi connectivity index (χ3v) is 3.26. The van der Waals surface area contributed by atoms with Crippen molar-refractivity contribution in [3.63, 3.8) is 0 Å². The summed E-state index contributed by atoms with van der Waals surface area (Å²) < 4.78 is 11.6. The van der Waals surface area contributed by atoms with Crippen molar-refractivity contribution in [3.05, 3.63) is 22.2 Å². The highest BCUT2D eigenvalue weighted by Gasteiger charge is 2.19. The Hall–Kier alpha value is -1.27. The molecule has 1 rings (SSSR count). The van der Waals surface area contributed by atoms with E-state index in [4.69, 9.17) is 20.9 Å². The number of hydrogen-bond acceptors (Lipinski definition) is 4. The fourth-order valence-corrected chi connectivity index (χ4v) is 2.27. The minimum absolute atomic E-state index is 0.480. The number of benzene rings is 1. The Kier molecular flexibility index (Phi) is 6.11. The number of methoxy groups -OCH3 is 1. The highest BCUT2D eigenvalue weighted by atomic mass is 79.9. The molecule has 1 unspecified atom stereocenters. The highest BCUT2D eigenvalue weighted by molar-refractivity contribution is 9.10. The van der Waals surface area contributed by atoms with Gasteiger partial charge in [0.05, 0.1) is 11.6 Å². The number of nitrogens with two attached hydrogens (primary N) is 2. The van der Waals surface area contributed by atoms with Gasteiger partial charge in [-0.25, -0.2) is 0 Å². The number of primary amides is 1. The molecule has 0 aliphatic rings. The standard InChI is InChI=1S/C13H19BrN2O3/c1-3-10(13(16)17)19-12-9(14)6-8(4-5-15)7-11(12)18-2/h6-7,10H,3-5,15H2,1-2H3,(H2,16,17). The van der Waals surface area contributed by atoms with Crippen molar-refractivity contribution in [1.82, 2.24) is 0 Å². The molecule has 0 heterocycles. The smallest absolute Gasteiger partial charge is 0.258 e. The summed E-state index contributed by atoms with van der Waals surface area (Å²) >= 11 is 3.42. The lowest BCUT2D eigenvalue weighted by molar-refractivity contribution is -0.124. The van der Waals surface area contributed by atoms with Gasteiger partial charge >= 0.3 is 0 Å². The number of halogens is 1. The maximum absolute atomic E-state index is 11.2. The SMILES string of the molecule is CCC(Oc1c(Br)cc(CCN)cc1OC)C(N)=O. The van der Waals surface area contributed by atoms with Gasteiger partial charge in [-0.2, -0.15) is 0 Å². The van der Waals surface area contributed by atoms with Crippen molar-refractivity contribution in [2.75, 3.05) is 13.7 Å². The summed E-state index contributed by atoms with van der Waals surface area (Å²) in [6.07, 6.45) is 0.558. The molecule has 5 nitrogen and oxygen atoms in total. The Balaban J connectivity index is 3.08. The molecule has 0 aromatic heterocycles. The minimum Gasteiger partial charge on any atom is -0.493 e. The van der Waals surface area contributed by atoms with E-state index in [0.717, 1.165) is 16.5 Å². The Morgan fingerprint density at radius 3 is 2.63 bits per heavy atom. The second-order valence-corrected chi connectivity index (χ2v) is 4.92. The van der Waals surface area contributed by atoms with E-state index in [0.29, 0.717) is 24.5 Å². The molecule has 1 aromatic rings. The molecular formula is C13H19BrN2O3. The summed E-state index contributed by atoms with van der Waals surface area (Å²) in [5, 5.41) is 0. The molecule has 0 fully saturated rings. The number of ether oxygens (including phenoxy) is 2. The zero-order valence-electron chi connectivity index (χ0n) is 11.1. The second kappa shape index (κ2) is 7.35. The van der Waals surface area contributed by atoms with Crippen LogP contribution < -0.4 is 20.9 Å². The van der Waals surface area contributed by atoms with Gasteiger partial charge in [0.15, 0.2) is 17.6 Å². The molecule has 6 heteroatoms. The van der Waals surface area contributed by atoms with E-state index < -0.39 is 12.0 Å². The molecule has 4 N–H and O–H groups in total. The summed E-state index contributed by atoms with van der Waals surface area (Å²) in [5.74, 6) is 0.536. The minimum atomic E-state index is -0.675. The van der Waals surface area contributed by atoms with Gasteiger partial charge in [0, 0.05) is 0 Å². The third kappa shape index (κ3) is 4.11. The Bertz CT molecular complexity index is 452. The van der Waals surface area contributed by atoms with Gasteiger partial charge in [0.25, 0.3) is 5.91 Å². The monoisotopic (exact) mass is 330 g/mol. The van der Waals surface area contributed by atoms with Gasteiger partial charge in [-0.05, 0) is 53.0 Å². The predicted octanol–water partition coefficient (Wildman–Crippen LogP) is 1.60. The van der Waals surface area contributed by atoms with Crippen molar-refractivity contribution in [3.8, 4) is 11.5 Å². The lowest BCUT2D eigenvalue weighted by Gasteiger charge is -2.18. The van der Waals surface area contributed by atoms with E-state index in [2.05, 4.69) is 15.9 Å². The summed E-state index contributed by atoms with van der Waals surface area (Å²) in [4.78, 5) is 11.2. The number of amides is 1. The summed E-state index contributed by atoms with van der Waals surface area (Å²) in [6, 6.07) is 3.75. The first-order chi connectivity index (χ1) is 9.03. The largest absolute Gasteiger partial charge is 0.493 e. The van der Waals surface area contributed by atoms with Crippen LogP contribution in [0.25, 0.3) is 0 Å². The van der Waals surface area contributed by atoms with Crippen LogP contribution in [-0.2, 0) is 11.2 Å². The van der Waals surface area contributed by atoms with Crippen LogP contribution in [0.2, 0.25) is 0 Å². The molecule has 0 bridgehead atoms. The second-order valence-electron chi connectivity index (χ2n) is 4.06. The fraction of sp³-hybridized carbons (Fsp3) is 0.462. The molecule has 0 aliphatic carbocycles. The number of carbonyl (C=O) groups excluding carboxylic acids is 1. The molecule has 106 valence electrons. The maximum Gasteiger partial charge on any atom is 0.258 e. The first-order valence-electron chi connectivity index (χ1n) is 6.05. The molecule has 0 aliphatic heterocycles. The van der Waals surface area contributed by atoms with Crippen molar-refractivity contribution < 1.29 is 14.3 Å². The van der Waals surface area contributed by atoms with Gasteiger partial charge in [-0.15, -0.1) is 0 Å². The van der Waals surface area contributed by atoms with Crippen LogP contribution in [0.15, 0.2) is 16.6 Å². The topological polar surface area (TPSA) is 87.6 Å². The van der Waals surface area contributed by atoms with E-state index in [1.165, 1.54) is 0 Å². The lowest BCUT2D eigenvalue weighted by atomic mass is 10.1. The van der Waals surface area contributed by atoms with Crippen molar-refractivity contribution in [2.24, 2.45) is 11.5 Å². The maximum atomic E-state index is 11.2. The Morgan fingerprint density at radius 1 is 1.47 bits per heavy atom. The van der Waals surface area contributed by atoms with Gasteiger partial charge in [0.2, 0.25) is 0 Å². The molecule has 0 saturated carbocycles. The van der Waals surface area contributed by atoms with Crippen LogP contribution in [0.3, 0.4) is 0 Å². The van der Waals surface area contributed by atoms with Gasteiger partial charge < -0.3 is 20.9 Å². The average molecular weight is 331 g/mol. The molecule has 0 saturated heterocycles. The fourth-order valence-electron chi connectivity index (χ4n) is 1.68. The summed E-state index contributed by atoms with van der Waals surface area (Å²) in [6.45, 7) is 2.38. The molecule has 1 aromatic carbocycles. The molecule has 0 spiro atoms. The van der Waals surface area contributed by atoms with E-state index >= 15 is 0 Å². The van der Waals surface area contributed by atoms with Crippen LogP contribution in [0, 0.1) is 0 Å². The average Bonchev–Trinajstić information content (AvgIpc) is 2.37. The highest BCUT2D eigenvalue weighted by Crippen LogP contribution is 2.37. The van der Waals surface area contributed by atoms with Crippen molar-refractivity contribution >= 4 is 21.8 Å². The van der Waals surface area contributed by atoms with Crippen molar-refractivity contribution in [1.29, 1.82) is 0 Å². The predicted molar refractivity (Wildman–Crippen MR) is 77.4 cm³/mol. The summed E-state index contributed by atoms with van der Waals surface area (Å²) in [7, 11) is 1.55. The zero-order valence-corrected chi connectivity index (χ0v) is 12.7. The van der Waals surface area contributed by atoms with Crippen LogP contribution in [0.4, 0.5) is 0 Å². The quantitative estimate of drug-likeness (QED) is 0.794. The molecule has 1 amide bonds. The van der Waals surface area contributed by atoms with Crippen LogP contribution in [0.1, 0.15) is 18.9 Å². The van der Waals surface area contributed by atoms with Gasteiger partial charge in [0.1, 0.15) is 0 Å². The van der Waals surface area contributed by atoms with Crippen LogP contribution >= 0.6 is 15.9 Å². The molecule has 1 atom stereocenters. The molecule has 0 radical (unpaired) electrons. The van der Waals surface area contributed by atoms with E-state index in [1.807, 2.05) is 19.1 Å². The Labute approximate surface area is 121 Å². The van der Waals surface area contributed by atoms with E-state index in [1.54, 1.807) is 7.11 Å². The normalized spacial score (nSPS) is 12.0. The van der Waals surface area contributed by atoms with Gasteiger partial charge in [-0.1, -0.05) is 6.92 Å². The molecule has 19 heavy (non-hydrogen) atoms. The third-order valence-electron chi connectivity index (χ3n) is 2.67. The lowest BCUT2D eigenvalue weighted by Crippen LogP contribution is -2.33. The number of rotatable bonds is 7. The van der Waals surface area contributed by atoms with Gasteiger partial charge in [-0.3, -0.25) is 4.79 Å².